The number of para-hydroxylation sites is 1. The number of nitrogens with zero attached hydrogens (tertiary/aromatic N) is 3. The summed E-state index contributed by atoms with van der Waals surface area (Å²) < 4.78 is 5.33. The molecule has 184 valence electrons. The van der Waals surface area contributed by atoms with E-state index in [9.17, 15) is 4.79 Å². The molecule has 0 aromatic heterocycles. The van der Waals surface area contributed by atoms with E-state index in [2.05, 4.69) is 46.1 Å². The fourth-order valence-electron chi connectivity index (χ4n) is 4.52. The van der Waals surface area contributed by atoms with Gasteiger partial charge in [-0.15, -0.1) is 0 Å². The van der Waals surface area contributed by atoms with E-state index >= 15 is 0 Å². The number of carbonyl (C=O) groups is 1. The molecular weight excluding hydrogens is 436 g/mol. The van der Waals surface area contributed by atoms with Gasteiger partial charge in [-0.25, -0.2) is 0 Å². The molecule has 3 aromatic carbocycles. The Hall–Kier alpha value is -3.35. The lowest BCUT2D eigenvalue weighted by atomic mass is 10.0. The van der Waals surface area contributed by atoms with Gasteiger partial charge in [-0.3, -0.25) is 9.69 Å². The quantitative estimate of drug-likeness (QED) is 0.494. The van der Waals surface area contributed by atoms with Crippen LogP contribution in [0.5, 0.6) is 5.75 Å². The Morgan fingerprint density at radius 2 is 1.54 bits per heavy atom. The number of hydrogen-bond acceptors (Lipinski definition) is 5. The third kappa shape index (κ3) is 6.41. The SMILES string of the molecule is CCN(c1ccccc1)c1ccc(C(=O)NC(CN2CCN(C)CC2)c2ccc(OC)cc2)cc1. The molecule has 1 fully saturated rings. The number of benzene rings is 3. The highest BCUT2D eigenvalue weighted by atomic mass is 16.5. The van der Waals surface area contributed by atoms with Gasteiger partial charge in [0.05, 0.1) is 13.2 Å². The standard InChI is InChI=1S/C29H36N4O2/c1-4-33(25-8-6-5-7-9-25)26-14-10-24(11-15-26)29(34)30-28(22-32-20-18-31(2)19-21-32)23-12-16-27(35-3)17-13-23/h5-17,28H,4,18-22H2,1-3H3,(H,30,34). The summed E-state index contributed by atoms with van der Waals surface area (Å²) in [5, 5.41) is 3.29. The van der Waals surface area contributed by atoms with E-state index in [1.54, 1.807) is 7.11 Å². The van der Waals surface area contributed by atoms with Crippen LogP contribution in [0.15, 0.2) is 78.9 Å². The molecule has 1 amide bonds. The Labute approximate surface area is 209 Å². The number of rotatable bonds is 9. The average molecular weight is 473 g/mol. The molecule has 6 heteroatoms. The molecule has 1 N–H and O–H groups in total. The monoisotopic (exact) mass is 472 g/mol. The van der Waals surface area contributed by atoms with E-state index in [4.69, 9.17) is 4.74 Å². The number of hydrogen-bond donors (Lipinski definition) is 1. The third-order valence-electron chi connectivity index (χ3n) is 6.69. The van der Waals surface area contributed by atoms with Gasteiger partial charge in [0.25, 0.3) is 5.91 Å². The van der Waals surface area contributed by atoms with E-state index < -0.39 is 0 Å². The van der Waals surface area contributed by atoms with Crippen LogP contribution in [-0.4, -0.2) is 69.1 Å². The van der Waals surface area contributed by atoms with Gasteiger partial charge in [0, 0.05) is 56.2 Å². The maximum atomic E-state index is 13.3. The number of likely N-dealkylation sites (N-methyl/N-ethyl adjacent to an activating group) is 1. The van der Waals surface area contributed by atoms with Crippen molar-refractivity contribution in [3.8, 4) is 5.75 Å². The van der Waals surface area contributed by atoms with Crippen molar-refractivity contribution in [2.75, 3.05) is 58.3 Å². The molecule has 1 heterocycles. The Balaban J connectivity index is 1.49. The molecule has 0 saturated carbocycles. The zero-order valence-electron chi connectivity index (χ0n) is 21.0. The molecule has 0 radical (unpaired) electrons. The predicted molar refractivity (Wildman–Crippen MR) is 143 cm³/mol. The maximum absolute atomic E-state index is 13.3. The van der Waals surface area contributed by atoms with Gasteiger partial charge in [-0.05, 0) is 68.1 Å². The average Bonchev–Trinajstić information content (AvgIpc) is 2.91. The Bertz CT molecular complexity index is 1060. The van der Waals surface area contributed by atoms with Crippen molar-refractivity contribution >= 4 is 17.3 Å². The van der Waals surface area contributed by atoms with Crippen LogP contribution in [0.1, 0.15) is 28.9 Å². The fraction of sp³-hybridized carbons (Fsp3) is 0.345. The molecule has 1 saturated heterocycles. The molecule has 1 aliphatic heterocycles. The Kier molecular flexibility index (Phi) is 8.40. The van der Waals surface area contributed by atoms with Crippen LogP contribution in [0, 0.1) is 0 Å². The highest BCUT2D eigenvalue weighted by Gasteiger charge is 2.22. The lowest BCUT2D eigenvalue weighted by molar-refractivity contribution is 0.0907. The summed E-state index contributed by atoms with van der Waals surface area (Å²) in [7, 11) is 3.82. The number of amides is 1. The second-order valence-corrected chi connectivity index (χ2v) is 9.03. The zero-order valence-corrected chi connectivity index (χ0v) is 21.0. The van der Waals surface area contributed by atoms with Crippen LogP contribution in [0.3, 0.4) is 0 Å². The van der Waals surface area contributed by atoms with Gasteiger partial charge in [0.1, 0.15) is 5.75 Å². The number of piperazine rings is 1. The summed E-state index contributed by atoms with van der Waals surface area (Å²) in [4.78, 5) is 20.3. The number of anilines is 2. The van der Waals surface area contributed by atoms with Gasteiger partial charge in [-0.1, -0.05) is 30.3 Å². The van der Waals surface area contributed by atoms with Gasteiger partial charge in [0.15, 0.2) is 0 Å². The minimum atomic E-state index is -0.104. The van der Waals surface area contributed by atoms with E-state index in [-0.39, 0.29) is 11.9 Å². The number of carbonyl (C=O) groups excluding carboxylic acids is 1. The Morgan fingerprint density at radius 3 is 2.14 bits per heavy atom. The van der Waals surface area contributed by atoms with Crippen molar-refractivity contribution in [1.29, 1.82) is 0 Å². The van der Waals surface area contributed by atoms with Crippen molar-refractivity contribution in [1.82, 2.24) is 15.1 Å². The normalized spacial score (nSPS) is 15.4. The number of methoxy groups -OCH3 is 1. The molecule has 35 heavy (non-hydrogen) atoms. The van der Waals surface area contributed by atoms with Crippen LogP contribution in [0.4, 0.5) is 11.4 Å². The lowest BCUT2D eigenvalue weighted by Crippen LogP contribution is -2.47. The topological polar surface area (TPSA) is 48.1 Å². The number of ether oxygens (including phenoxy) is 1. The summed E-state index contributed by atoms with van der Waals surface area (Å²) in [6, 6.07) is 26.1. The predicted octanol–water partition coefficient (Wildman–Crippen LogP) is 4.57. The second-order valence-electron chi connectivity index (χ2n) is 9.03. The van der Waals surface area contributed by atoms with E-state index in [1.807, 2.05) is 66.7 Å². The molecular formula is C29H36N4O2. The third-order valence-corrected chi connectivity index (χ3v) is 6.69. The molecule has 1 aliphatic rings. The van der Waals surface area contributed by atoms with Gasteiger partial charge in [0.2, 0.25) is 0 Å². The van der Waals surface area contributed by atoms with Gasteiger partial charge in [-0.2, -0.15) is 0 Å². The van der Waals surface area contributed by atoms with Crippen molar-refractivity contribution < 1.29 is 9.53 Å². The second kappa shape index (κ2) is 11.9. The first-order valence-electron chi connectivity index (χ1n) is 12.4. The summed E-state index contributed by atoms with van der Waals surface area (Å²) in [5.41, 5.74) is 3.95. The molecule has 1 unspecified atom stereocenters. The molecule has 6 nitrogen and oxygen atoms in total. The molecule has 3 aromatic rings. The van der Waals surface area contributed by atoms with Gasteiger partial charge < -0.3 is 19.9 Å². The number of nitrogens with one attached hydrogen (secondary N) is 1. The highest BCUT2D eigenvalue weighted by molar-refractivity contribution is 5.95. The van der Waals surface area contributed by atoms with Crippen LogP contribution in [-0.2, 0) is 0 Å². The van der Waals surface area contributed by atoms with E-state index in [0.29, 0.717) is 5.56 Å². The summed E-state index contributed by atoms with van der Waals surface area (Å²) in [6.07, 6.45) is 0. The van der Waals surface area contributed by atoms with Crippen molar-refractivity contribution in [3.05, 3.63) is 90.0 Å². The minimum Gasteiger partial charge on any atom is -0.497 e. The summed E-state index contributed by atoms with van der Waals surface area (Å²) >= 11 is 0. The summed E-state index contributed by atoms with van der Waals surface area (Å²) in [6.45, 7) is 7.84. The van der Waals surface area contributed by atoms with Crippen LogP contribution >= 0.6 is 0 Å². The first-order chi connectivity index (χ1) is 17.1. The van der Waals surface area contributed by atoms with Crippen LogP contribution in [0.2, 0.25) is 0 Å². The van der Waals surface area contributed by atoms with E-state index in [0.717, 1.165) is 62.0 Å². The largest absolute Gasteiger partial charge is 0.497 e. The van der Waals surface area contributed by atoms with Crippen LogP contribution < -0.4 is 15.0 Å². The molecule has 1 atom stereocenters. The first-order valence-corrected chi connectivity index (χ1v) is 12.4. The van der Waals surface area contributed by atoms with Crippen molar-refractivity contribution in [2.45, 2.75) is 13.0 Å². The smallest absolute Gasteiger partial charge is 0.251 e. The van der Waals surface area contributed by atoms with E-state index in [1.165, 1.54) is 0 Å². The highest BCUT2D eigenvalue weighted by Crippen LogP contribution is 2.25. The summed E-state index contributed by atoms with van der Waals surface area (Å²) in [5.74, 6) is 0.752. The van der Waals surface area contributed by atoms with Gasteiger partial charge >= 0.3 is 0 Å². The van der Waals surface area contributed by atoms with Crippen molar-refractivity contribution in [2.24, 2.45) is 0 Å². The Morgan fingerprint density at radius 1 is 0.914 bits per heavy atom. The maximum Gasteiger partial charge on any atom is 0.251 e. The fourth-order valence-corrected chi connectivity index (χ4v) is 4.52. The molecule has 0 aliphatic carbocycles. The van der Waals surface area contributed by atoms with Crippen molar-refractivity contribution in [3.63, 3.8) is 0 Å². The first kappa shape index (κ1) is 24.8. The molecule has 4 rings (SSSR count). The molecule has 0 bridgehead atoms. The lowest BCUT2D eigenvalue weighted by Gasteiger charge is -2.35. The minimum absolute atomic E-state index is 0.0609. The van der Waals surface area contributed by atoms with Crippen LogP contribution in [0.25, 0.3) is 0 Å². The zero-order chi connectivity index (χ0) is 24.6. The molecule has 0 spiro atoms.